The van der Waals surface area contributed by atoms with Crippen molar-refractivity contribution in [2.75, 3.05) is 9.80 Å². The molecule has 0 saturated carbocycles. The highest BCUT2D eigenvalue weighted by Crippen LogP contribution is 2.64. The molecule has 2 aliphatic carbocycles. The van der Waals surface area contributed by atoms with E-state index in [0.717, 1.165) is 34.1 Å². The molecule has 0 amide bonds. The largest absolute Gasteiger partial charge is 0.344 e. The maximum Gasteiger partial charge on any atom is 0.0725 e. The summed E-state index contributed by atoms with van der Waals surface area (Å²) in [5.74, 6) is 0. The minimum absolute atomic E-state index is 0.466. The quantitative estimate of drug-likeness (QED) is 0.168. The molecule has 1 heterocycles. The molecule has 1 aromatic heterocycles. The second kappa shape index (κ2) is 13.0. The van der Waals surface area contributed by atoms with E-state index in [-0.39, 0.29) is 0 Å². The van der Waals surface area contributed by atoms with Crippen LogP contribution in [0.5, 0.6) is 0 Å². The van der Waals surface area contributed by atoms with Gasteiger partial charge in [-0.05, 0) is 123 Å². The van der Waals surface area contributed by atoms with E-state index < -0.39 is 5.41 Å². The Hall–Kier alpha value is -7.62. The van der Waals surface area contributed by atoms with Gasteiger partial charge in [-0.1, -0.05) is 140 Å². The number of benzene rings is 9. The summed E-state index contributed by atoms with van der Waals surface area (Å²) in [5.41, 5.74) is 19.2. The lowest BCUT2D eigenvalue weighted by Gasteiger charge is -2.32. The van der Waals surface area contributed by atoms with Crippen LogP contribution in [-0.2, 0) is 12.5 Å². The van der Waals surface area contributed by atoms with Crippen LogP contribution in [0.1, 0.15) is 22.3 Å². The fourth-order valence-corrected chi connectivity index (χ4v) is 10.4. The Balaban J connectivity index is 1.09. The van der Waals surface area contributed by atoms with Gasteiger partial charge in [-0.25, -0.2) is 0 Å². The third kappa shape index (κ3) is 4.76. The van der Waals surface area contributed by atoms with Crippen LogP contribution in [-0.4, -0.2) is 4.57 Å². The third-order valence-corrected chi connectivity index (χ3v) is 12.8. The summed E-state index contributed by atoms with van der Waals surface area (Å²) < 4.78 is 2.32. The normalized spacial score (nSPS) is 14.6. The average Bonchev–Trinajstić information content (AvgIpc) is 3.89. The molecule has 2 aliphatic rings. The third-order valence-electron chi connectivity index (χ3n) is 12.8. The summed E-state index contributed by atoms with van der Waals surface area (Å²) in [4.78, 5) is 4.82. The monoisotopic (exact) mass is 753 g/mol. The Morgan fingerprint density at radius 2 is 0.780 bits per heavy atom. The Morgan fingerprint density at radius 1 is 0.339 bits per heavy atom. The Bertz CT molecular complexity index is 3200. The zero-order valence-corrected chi connectivity index (χ0v) is 32.6. The number of nitrogens with zero attached hydrogens (tertiary/aromatic N) is 3. The number of hydrogen-bond acceptors (Lipinski definition) is 2. The van der Waals surface area contributed by atoms with Crippen molar-refractivity contribution in [3.05, 3.63) is 241 Å². The van der Waals surface area contributed by atoms with Crippen molar-refractivity contribution in [1.29, 1.82) is 0 Å². The van der Waals surface area contributed by atoms with Gasteiger partial charge in [0.2, 0.25) is 0 Å². The van der Waals surface area contributed by atoms with E-state index in [9.17, 15) is 0 Å². The Labute approximate surface area is 344 Å². The molecule has 0 bridgehead atoms. The van der Waals surface area contributed by atoms with Gasteiger partial charge in [-0.3, -0.25) is 0 Å². The van der Waals surface area contributed by atoms with Crippen molar-refractivity contribution in [3.8, 4) is 22.3 Å². The second-order valence-corrected chi connectivity index (χ2v) is 15.7. The van der Waals surface area contributed by atoms with Gasteiger partial charge in [0, 0.05) is 51.8 Å². The summed E-state index contributed by atoms with van der Waals surface area (Å²) >= 11 is 0. The van der Waals surface area contributed by atoms with Crippen molar-refractivity contribution in [3.63, 3.8) is 0 Å². The van der Waals surface area contributed by atoms with E-state index in [2.05, 4.69) is 240 Å². The molecular formula is C56H39N3. The van der Waals surface area contributed by atoms with Gasteiger partial charge in [-0.15, -0.1) is 0 Å². The minimum atomic E-state index is -0.466. The zero-order valence-electron chi connectivity index (χ0n) is 32.6. The number of aromatic nitrogens is 1. The molecule has 0 N–H and O–H groups in total. The molecule has 3 heteroatoms. The average molecular weight is 754 g/mol. The van der Waals surface area contributed by atoms with Crippen molar-refractivity contribution in [2.24, 2.45) is 7.05 Å². The number of anilines is 6. The molecule has 1 atom stereocenters. The minimum Gasteiger partial charge on any atom is -0.344 e. The first-order valence-corrected chi connectivity index (χ1v) is 20.4. The Kier molecular flexibility index (Phi) is 7.36. The van der Waals surface area contributed by atoms with E-state index in [4.69, 9.17) is 0 Å². The highest BCUT2D eigenvalue weighted by atomic mass is 15.2. The second-order valence-electron chi connectivity index (χ2n) is 15.7. The van der Waals surface area contributed by atoms with E-state index in [1.54, 1.807) is 0 Å². The van der Waals surface area contributed by atoms with Gasteiger partial charge in [0.25, 0.3) is 0 Å². The van der Waals surface area contributed by atoms with Gasteiger partial charge in [0.15, 0.2) is 0 Å². The maximum absolute atomic E-state index is 2.45. The van der Waals surface area contributed by atoms with Crippen molar-refractivity contribution in [2.45, 2.75) is 5.41 Å². The Morgan fingerprint density at radius 3 is 1.36 bits per heavy atom. The molecule has 0 saturated heterocycles. The summed E-state index contributed by atoms with van der Waals surface area (Å²) in [6, 6.07) is 80.2. The fourth-order valence-electron chi connectivity index (χ4n) is 10.4. The first-order valence-electron chi connectivity index (χ1n) is 20.4. The van der Waals surface area contributed by atoms with Crippen LogP contribution in [0, 0.1) is 0 Å². The molecule has 59 heavy (non-hydrogen) atoms. The van der Waals surface area contributed by atoms with Crippen LogP contribution in [0.4, 0.5) is 34.1 Å². The molecule has 12 rings (SSSR count). The summed E-state index contributed by atoms with van der Waals surface area (Å²) in [6.07, 6.45) is 0. The molecule has 0 aliphatic heterocycles. The van der Waals surface area contributed by atoms with Gasteiger partial charge in [-0.2, -0.15) is 0 Å². The molecule has 0 radical (unpaired) electrons. The number of hydrogen-bond donors (Lipinski definition) is 0. The van der Waals surface area contributed by atoms with E-state index in [1.165, 1.54) is 66.3 Å². The number of para-hydroxylation sites is 4. The predicted octanol–water partition coefficient (Wildman–Crippen LogP) is 14.6. The van der Waals surface area contributed by atoms with Gasteiger partial charge < -0.3 is 14.4 Å². The van der Waals surface area contributed by atoms with Crippen LogP contribution < -0.4 is 9.80 Å². The zero-order chi connectivity index (χ0) is 39.1. The van der Waals surface area contributed by atoms with Crippen LogP contribution >= 0.6 is 0 Å². The van der Waals surface area contributed by atoms with Crippen molar-refractivity contribution < 1.29 is 0 Å². The first kappa shape index (κ1) is 33.5. The summed E-state index contributed by atoms with van der Waals surface area (Å²) in [5, 5.41) is 2.50. The van der Waals surface area contributed by atoms with Crippen LogP contribution in [0.3, 0.4) is 0 Å². The lowest BCUT2D eigenvalue weighted by atomic mass is 9.70. The molecule has 10 aromatic rings. The van der Waals surface area contributed by atoms with Crippen LogP contribution in [0.15, 0.2) is 218 Å². The molecule has 1 spiro atoms. The van der Waals surface area contributed by atoms with E-state index in [0.29, 0.717) is 0 Å². The van der Waals surface area contributed by atoms with Crippen molar-refractivity contribution in [1.82, 2.24) is 4.57 Å². The van der Waals surface area contributed by atoms with Gasteiger partial charge in [0.1, 0.15) is 0 Å². The SMILES string of the molecule is Cn1c2ccccc2c2c(N(c3ccccc3)c3ccc4c(c3)-c3ccccc3C43c4ccccc4-c4cc(N(c5ccccc5)c5ccccc5)ccc43)cccc21. The predicted molar refractivity (Wildman–Crippen MR) is 246 cm³/mol. The molecule has 1 unspecified atom stereocenters. The fraction of sp³-hybridized carbons (Fsp3) is 0.0357. The van der Waals surface area contributed by atoms with Gasteiger partial charge in [0.05, 0.1) is 16.6 Å². The topological polar surface area (TPSA) is 11.4 Å². The lowest BCUT2D eigenvalue weighted by molar-refractivity contribution is 0.794. The molecule has 0 fully saturated rings. The summed E-state index contributed by atoms with van der Waals surface area (Å²) in [7, 11) is 2.17. The van der Waals surface area contributed by atoms with Crippen LogP contribution in [0.25, 0.3) is 44.1 Å². The molecular weight excluding hydrogens is 715 g/mol. The first-order chi connectivity index (χ1) is 29.2. The van der Waals surface area contributed by atoms with Crippen LogP contribution in [0.2, 0.25) is 0 Å². The smallest absolute Gasteiger partial charge is 0.0725 e. The number of rotatable bonds is 6. The number of fused-ring (bicyclic) bond motifs is 13. The van der Waals surface area contributed by atoms with E-state index in [1.807, 2.05) is 0 Å². The highest BCUT2D eigenvalue weighted by molar-refractivity contribution is 6.15. The number of aryl methyl sites for hydroxylation is 1. The van der Waals surface area contributed by atoms with E-state index >= 15 is 0 Å². The lowest BCUT2D eigenvalue weighted by Crippen LogP contribution is -2.26. The van der Waals surface area contributed by atoms with Crippen molar-refractivity contribution >= 4 is 55.9 Å². The maximum atomic E-state index is 2.45. The molecule has 3 nitrogen and oxygen atoms in total. The highest BCUT2D eigenvalue weighted by Gasteiger charge is 2.51. The van der Waals surface area contributed by atoms with Gasteiger partial charge >= 0.3 is 0 Å². The molecule has 278 valence electrons. The molecule has 9 aromatic carbocycles. The standard InChI is InChI=1S/C56H39N3/c1-57-52-29-16-13-26-45(52)55-53(57)30-17-31-54(55)59(40-22-9-4-10-23-40)42-33-35-51-47(37-42)44-25-12-15-28-49(44)56(51)48-27-14-11-24-43(48)46-36-41(32-34-50(46)56)58(38-18-5-2-6-19-38)39-20-7-3-8-21-39/h2-37H,1H3. The summed E-state index contributed by atoms with van der Waals surface area (Å²) in [6.45, 7) is 0.